The van der Waals surface area contributed by atoms with E-state index in [1.165, 1.54) is 340 Å². The van der Waals surface area contributed by atoms with Crippen molar-refractivity contribution in [3.05, 3.63) is 12.2 Å². The van der Waals surface area contributed by atoms with E-state index in [9.17, 15) is 14.4 Å². The minimum Gasteiger partial charge on any atom is -0.462 e. The number of rotatable bonds is 72. The van der Waals surface area contributed by atoms with Crippen LogP contribution in [-0.4, -0.2) is 37.2 Å². The monoisotopic (exact) mass is 1170 g/mol. The van der Waals surface area contributed by atoms with Crippen LogP contribution in [0.2, 0.25) is 0 Å². The number of hydrogen-bond donors (Lipinski definition) is 0. The summed E-state index contributed by atoms with van der Waals surface area (Å²) >= 11 is 0. The predicted octanol–water partition coefficient (Wildman–Crippen LogP) is 26.3. The molecule has 1 atom stereocenters. The molecule has 0 aromatic heterocycles. The van der Waals surface area contributed by atoms with Crippen molar-refractivity contribution in [3.8, 4) is 0 Å². The standard InChI is InChI=1S/C77H148O6/c1-4-7-10-13-16-19-22-25-27-29-31-32-33-34-35-36-37-38-39-40-41-42-43-44-45-46-47-49-50-52-55-58-61-64-67-70-76(79)82-73-74(72-81-75(78)69-66-63-60-57-54-24-21-18-15-12-9-6-3)83-77(80)71-68-65-62-59-56-53-51-48-30-28-26-23-20-17-14-11-8-5-2/h18,21,74H,4-17,19-20,22-73H2,1-3H3/b21-18-. The Labute approximate surface area is 520 Å². The van der Waals surface area contributed by atoms with Crippen molar-refractivity contribution >= 4 is 17.9 Å². The highest BCUT2D eigenvalue weighted by atomic mass is 16.6. The quantitative estimate of drug-likeness (QED) is 0.0261. The van der Waals surface area contributed by atoms with Crippen LogP contribution in [0.15, 0.2) is 12.2 Å². The topological polar surface area (TPSA) is 78.9 Å². The van der Waals surface area contributed by atoms with Gasteiger partial charge in [0, 0.05) is 19.3 Å². The number of hydrogen-bond acceptors (Lipinski definition) is 6. The lowest BCUT2D eigenvalue weighted by Gasteiger charge is -2.18. The van der Waals surface area contributed by atoms with Crippen LogP contribution in [0.3, 0.4) is 0 Å². The molecule has 0 saturated carbocycles. The first-order valence-corrected chi connectivity index (χ1v) is 38.2. The maximum atomic E-state index is 12.9. The lowest BCUT2D eigenvalue weighted by molar-refractivity contribution is -0.167. The highest BCUT2D eigenvalue weighted by Crippen LogP contribution is 2.20. The van der Waals surface area contributed by atoms with Crippen LogP contribution in [0.25, 0.3) is 0 Å². The minimum atomic E-state index is -0.770. The molecule has 0 amide bonds. The number of allylic oxidation sites excluding steroid dienone is 2. The second kappa shape index (κ2) is 72.6. The molecule has 0 aliphatic heterocycles. The van der Waals surface area contributed by atoms with E-state index in [1.807, 2.05) is 0 Å². The van der Waals surface area contributed by atoms with E-state index in [-0.39, 0.29) is 31.1 Å². The van der Waals surface area contributed by atoms with Gasteiger partial charge in [-0.25, -0.2) is 0 Å². The average molecular weight is 1170 g/mol. The molecule has 0 aliphatic carbocycles. The van der Waals surface area contributed by atoms with Gasteiger partial charge < -0.3 is 14.2 Å². The van der Waals surface area contributed by atoms with Crippen LogP contribution >= 0.6 is 0 Å². The van der Waals surface area contributed by atoms with Crippen molar-refractivity contribution < 1.29 is 28.6 Å². The van der Waals surface area contributed by atoms with Gasteiger partial charge in [-0.15, -0.1) is 0 Å². The van der Waals surface area contributed by atoms with Crippen molar-refractivity contribution in [2.75, 3.05) is 13.2 Å². The summed E-state index contributed by atoms with van der Waals surface area (Å²) in [5.41, 5.74) is 0. The summed E-state index contributed by atoms with van der Waals surface area (Å²) in [5.74, 6) is -0.840. The molecule has 0 heterocycles. The van der Waals surface area contributed by atoms with Crippen molar-refractivity contribution in [2.45, 2.75) is 451 Å². The molecule has 492 valence electrons. The van der Waals surface area contributed by atoms with Gasteiger partial charge in [0.05, 0.1) is 0 Å². The molecule has 0 bridgehead atoms. The molecule has 0 N–H and O–H groups in total. The van der Waals surface area contributed by atoms with Crippen LogP contribution in [0.4, 0.5) is 0 Å². The lowest BCUT2D eigenvalue weighted by Crippen LogP contribution is -2.30. The smallest absolute Gasteiger partial charge is 0.306 e. The van der Waals surface area contributed by atoms with Gasteiger partial charge in [0.25, 0.3) is 0 Å². The van der Waals surface area contributed by atoms with Crippen molar-refractivity contribution in [1.82, 2.24) is 0 Å². The number of esters is 3. The Morgan fingerprint density at radius 1 is 0.229 bits per heavy atom. The van der Waals surface area contributed by atoms with Crippen LogP contribution in [0.1, 0.15) is 445 Å². The Morgan fingerprint density at radius 3 is 0.627 bits per heavy atom. The SMILES string of the molecule is CCCCC/C=C\CCCCCCCC(=O)OCC(COC(=O)CCCCCCCCCCCCCCCCCCCCCCCCCCCCCCCCCCCCC)OC(=O)CCCCCCCCCCCCCCCCCCCC. The number of ether oxygens (including phenoxy) is 3. The first-order valence-electron chi connectivity index (χ1n) is 38.2. The molecule has 83 heavy (non-hydrogen) atoms. The first-order chi connectivity index (χ1) is 41.0. The first kappa shape index (κ1) is 81.2. The largest absolute Gasteiger partial charge is 0.462 e. The lowest BCUT2D eigenvalue weighted by atomic mass is 10.0. The molecule has 6 heteroatoms. The summed E-state index contributed by atoms with van der Waals surface area (Å²) in [5, 5.41) is 0. The molecular weight excluding hydrogens is 1020 g/mol. The Hall–Kier alpha value is -1.85. The van der Waals surface area contributed by atoms with Crippen molar-refractivity contribution in [3.63, 3.8) is 0 Å². The molecule has 0 fully saturated rings. The van der Waals surface area contributed by atoms with Gasteiger partial charge in [0.2, 0.25) is 0 Å². The zero-order valence-electron chi connectivity index (χ0n) is 56.8. The Balaban J connectivity index is 4.02. The molecule has 1 unspecified atom stereocenters. The highest BCUT2D eigenvalue weighted by Gasteiger charge is 2.20. The van der Waals surface area contributed by atoms with Gasteiger partial charge >= 0.3 is 17.9 Å². The molecule has 0 aliphatic rings. The maximum Gasteiger partial charge on any atom is 0.306 e. The molecule has 0 saturated heterocycles. The number of carbonyl (C=O) groups is 3. The molecule has 0 aromatic rings. The number of unbranched alkanes of at least 4 members (excludes halogenated alkanes) is 59. The van der Waals surface area contributed by atoms with Gasteiger partial charge in [-0.2, -0.15) is 0 Å². The van der Waals surface area contributed by atoms with E-state index in [0.717, 1.165) is 64.2 Å². The van der Waals surface area contributed by atoms with Crippen LogP contribution in [-0.2, 0) is 28.6 Å². The molecule has 0 spiro atoms. The van der Waals surface area contributed by atoms with E-state index in [2.05, 4.69) is 32.9 Å². The fraction of sp³-hybridized carbons (Fsp3) is 0.935. The summed E-state index contributed by atoms with van der Waals surface area (Å²) < 4.78 is 17.0. The molecule has 0 rings (SSSR count). The van der Waals surface area contributed by atoms with Crippen LogP contribution < -0.4 is 0 Å². The second-order valence-corrected chi connectivity index (χ2v) is 26.3. The normalized spacial score (nSPS) is 12.0. The Bertz CT molecular complexity index is 1300. The zero-order valence-corrected chi connectivity index (χ0v) is 56.8. The third-order valence-electron chi connectivity index (χ3n) is 17.8. The van der Waals surface area contributed by atoms with Crippen molar-refractivity contribution in [1.29, 1.82) is 0 Å². The fourth-order valence-corrected chi connectivity index (χ4v) is 12.0. The third-order valence-corrected chi connectivity index (χ3v) is 17.8. The van der Waals surface area contributed by atoms with E-state index in [1.54, 1.807) is 0 Å². The summed E-state index contributed by atoms with van der Waals surface area (Å²) in [6.45, 7) is 6.70. The van der Waals surface area contributed by atoms with Gasteiger partial charge in [-0.1, -0.05) is 392 Å². The fourth-order valence-electron chi connectivity index (χ4n) is 12.0. The third kappa shape index (κ3) is 70.8. The van der Waals surface area contributed by atoms with Gasteiger partial charge in [-0.05, 0) is 44.9 Å². The van der Waals surface area contributed by atoms with Crippen molar-refractivity contribution in [2.24, 2.45) is 0 Å². The maximum absolute atomic E-state index is 12.9. The highest BCUT2D eigenvalue weighted by molar-refractivity contribution is 5.71. The zero-order chi connectivity index (χ0) is 59.9. The summed E-state index contributed by atoms with van der Waals surface area (Å²) in [4.78, 5) is 38.4. The van der Waals surface area contributed by atoms with Gasteiger partial charge in [0.15, 0.2) is 6.10 Å². The van der Waals surface area contributed by atoms with Gasteiger partial charge in [-0.3, -0.25) is 14.4 Å². The van der Waals surface area contributed by atoms with Gasteiger partial charge in [0.1, 0.15) is 13.2 Å². The Morgan fingerprint density at radius 2 is 0.398 bits per heavy atom. The molecule has 0 aromatic carbocycles. The van der Waals surface area contributed by atoms with E-state index in [0.29, 0.717) is 19.3 Å². The van der Waals surface area contributed by atoms with E-state index in [4.69, 9.17) is 14.2 Å². The molecule has 0 radical (unpaired) electrons. The van der Waals surface area contributed by atoms with Crippen LogP contribution in [0, 0.1) is 0 Å². The summed E-state index contributed by atoms with van der Waals surface area (Å²) in [7, 11) is 0. The van der Waals surface area contributed by atoms with E-state index >= 15 is 0 Å². The summed E-state index contributed by atoms with van der Waals surface area (Å²) in [6, 6.07) is 0. The van der Waals surface area contributed by atoms with Crippen LogP contribution in [0.5, 0.6) is 0 Å². The molecular formula is C77H148O6. The minimum absolute atomic E-state index is 0.0658. The predicted molar refractivity (Wildman–Crippen MR) is 363 cm³/mol. The number of carbonyl (C=O) groups excluding carboxylic acids is 3. The Kier molecular flexibility index (Phi) is 71.0. The van der Waals surface area contributed by atoms with E-state index < -0.39 is 6.10 Å². The summed E-state index contributed by atoms with van der Waals surface area (Å²) in [6.07, 6.45) is 88.6. The molecule has 6 nitrogen and oxygen atoms in total. The average Bonchev–Trinajstić information content (AvgIpc) is 3.49. The second-order valence-electron chi connectivity index (χ2n) is 26.3.